The van der Waals surface area contributed by atoms with Crippen LogP contribution in [-0.4, -0.2) is 27.1 Å². The van der Waals surface area contributed by atoms with Crippen LogP contribution in [-0.2, 0) is 9.84 Å². The van der Waals surface area contributed by atoms with E-state index in [2.05, 4.69) is 5.18 Å². The van der Waals surface area contributed by atoms with Gasteiger partial charge in [0, 0.05) is 5.56 Å². The van der Waals surface area contributed by atoms with Crippen LogP contribution in [0.1, 0.15) is 10.4 Å². The largest absolute Gasteiger partial charge is 0.497 e. The number of carbonyl (C=O) groups is 1. The van der Waals surface area contributed by atoms with E-state index in [1.165, 1.54) is 55.6 Å². The summed E-state index contributed by atoms with van der Waals surface area (Å²) in [5, 5.41) is 2.72. The molecule has 22 heavy (non-hydrogen) atoms. The lowest BCUT2D eigenvalue weighted by atomic mass is 10.1. The fraction of sp³-hybridized carbons (Fsp3) is 0.133. The molecule has 114 valence electrons. The molecule has 0 radical (unpaired) electrons. The first-order valence-corrected chi connectivity index (χ1v) is 7.95. The molecule has 0 saturated heterocycles. The zero-order valence-corrected chi connectivity index (χ0v) is 12.5. The van der Waals surface area contributed by atoms with Crippen molar-refractivity contribution in [3.05, 3.63) is 59.0 Å². The Hall–Kier alpha value is -2.54. The van der Waals surface area contributed by atoms with Crippen LogP contribution in [0.2, 0.25) is 0 Å². The molecule has 6 nitrogen and oxygen atoms in total. The van der Waals surface area contributed by atoms with Crippen LogP contribution >= 0.6 is 0 Å². The van der Waals surface area contributed by atoms with Crippen molar-refractivity contribution < 1.29 is 17.9 Å². The van der Waals surface area contributed by atoms with E-state index in [1.807, 2.05) is 0 Å². The van der Waals surface area contributed by atoms with E-state index in [-0.39, 0.29) is 16.1 Å². The predicted octanol–water partition coefficient (Wildman–Crippen LogP) is 2.75. The second kappa shape index (κ2) is 6.48. The third kappa shape index (κ3) is 3.56. The van der Waals surface area contributed by atoms with E-state index in [1.54, 1.807) is 0 Å². The van der Waals surface area contributed by atoms with Crippen molar-refractivity contribution in [2.45, 2.75) is 4.90 Å². The minimum Gasteiger partial charge on any atom is -0.497 e. The molecule has 7 heteroatoms. The second-order valence-corrected chi connectivity index (χ2v) is 6.49. The first-order chi connectivity index (χ1) is 10.5. The number of methoxy groups -OCH3 is 1. The summed E-state index contributed by atoms with van der Waals surface area (Å²) in [5.41, 5.74) is 0.210. The quantitative estimate of drug-likeness (QED) is 0.603. The molecular formula is C15H13NO5S. The summed E-state index contributed by atoms with van der Waals surface area (Å²) in [5.74, 6) is -0.752. The second-order valence-electron chi connectivity index (χ2n) is 4.50. The Bertz CT molecular complexity index is 797. The molecule has 0 aromatic heterocycles. The van der Waals surface area contributed by atoms with Gasteiger partial charge in [0.15, 0.2) is 15.6 Å². The van der Waals surface area contributed by atoms with Crippen molar-refractivity contribution in [2.24, 2.45) is 5.18 Å². The highest BCUT2D eigenvalue weighted by Crippen LogP contribution is 2.19. The topological polar surface area (TPSA) is 89.9 Å². The van der Waals surface area contributed by atoms with E-state index in [0.717, 1.165) is 0 Å². The molecule has 0 N–H and O–H groups in total. The standard InChI is InChI=1S/C15H13NO5S/c1-21-13-5-7-14(8-6-13)22(19,20)10-15(17)11-3-2-4-12(9-11)16-18/h2-9H,10H2,1H3. The third-order valence-electron chi connectivity index (χ3n) is 3.01. The minimum absolute atomic E-state index is 0.0336. The normalized spacial score (nSPS) is 11.0. The molecule has 0 aliphatic carbocycles. The fourth-order valence-electron chi connectivity index (χ4n) is 1.86. The highest BCUT2D eigenvalue weighted by Gasteiger charge is 2.20. The molecule has 0 unspecified atom stereocenters. The number of rotatable bonds is 6. The van der Waals surface area contributed by atoms with Crippen molar-refractivity contribution in [3.8, 4) is 5.75 Å². The monoisotopic (exact) mass is 319 g/mol. The molecule has 0 fully saturated rings. The molecule has 0 amide bonds. The fourth-order valence-corrected chi connectivity index (χ4v) is 3.09. The van der Waals surface area contributed by atoms with Gasteiger partial charge in [-0.15, -0.1) is 4.91 Å². The van der Waals surface area contributed by atoms with Gasteiger partial charge in [-0.05, 0) is 41.6 Å². The van der Waals surface area contributed by atoms with Gasteiger partial charge >= 0.3 is 0 Å². The van der Waals surface area contributed by atoms with E-state index in [9.17, 15) is 18.1 Å². The Morgan fingerprint density at radius 3 is 2.41 bits per heavy atom. The van der Waals surface area contributed by atoms with Crippen LogP contribution in [0.25, 0.3) is 0 Å². The van der Waals surface area contributed by atoms with Crippen LogP contribution in [0.15, 0.2) is 58.6 Å². The Morgan fingerprint density at radius 1 is 1.14 bits per heavy atom. The number of hydrogen-bond acceptors (Lipinski definition) is 6. The lowest BCUT2D eigenvalue weighted by Crippen LogP contribution is -2.16. The summed E-state index contributed by atoms with van der Waals surface area (Å²) in [4.78, 5) is 22.6. The van der Waals surface area contributed by atoms with Gasteiger partial charge in [-0.2, -0.15) is 0 Å². The smallest absolute Gasteiger partial charge is 0.185 e. The highest BCUT2D eigenvalue weighted by molar-refractivity contribution is 7.92. The average molecular weight is 319 g/mol. The van der Waals surface area contributed by atoms with Gasteiger partial charge in [-0.3, -0.25) is 4.79 Å². The van der Waals surface area contributed by atoms with E-state index >= 15 is 0 Å². The van der Waals surface area contributed by atoms with Crippen LogP contribution < -0.4 is 4.74 Å². The Balaban J connectivity index is 2.23. The zero-order valence-electron chi connectivity index (χ0n) is 11.7. The van der Waals surface area contributed by atoms with Gasteiger partial charge in [0.1, 0.15) is 17.2 Å². The van der Waals surface area contributed by atoms with E-state index in [0.29, 0.717) is 5.75 Å². The maximum absolute atomic E-state index is 12.2. The molecule has 2 aromatic rings. The maximum atomic E-state index is 12.2. The van der Waals surface area contributed by atoms with Gasteiger partial charge in [0.25, 0.3) is 0 Å². The van der Waals surface area contributed by atoms with E-state index < -0.39 is 21.4 Å². The number of Topliss-reactive ketones (excluding diaryl/α,β-unsaturated/α-hetero) is 1. The molecule has 0 aliphatic rings. The summed E-state index contributed by atoms with van der Waals surface area (Å²) < 4.78 is 29.4. The van der Waals surface area contributed by atoms with Crippen LogP contribution in [0.5, 0.6) is 5.75 Å². The number of nitrogens with zero attached hydrogens (tertiary/aromatic N) is 1. The first kappa shape index (κ1) is 15.8. The van der Waals surface area contributed by atoms with Gasteiger partial charge < -0.3 is 4.74 Å². The summed E-state index contributed by atoms with van der Waals surface area (Å²) in [7, 11) is -2.29. The lowest BCUT2D eigenvalue weighted by molar-refractivity contribution is 0.102. The lowest BCUT2D eigenvalue weighted by Gasteiger charge is -2.05. The molecule has 0 heterocycles. The number of carbonyl (C=O) groups excluding carboxylic acids is 1. The summed E-state index contributed by atoms with van der Waals surface area (Å²) in [6.45, 7) is 0. The van der Waals surface area contributed by atoms with Crippen LogP contribution in [0, 0.1) is 4.91 Å². The number of sulfone groups is 1. The molecule has 0 bridgehead atoms. The predicted molar refractivity (Wildman–Crippen MR) is 81.3 cm³/mol. The van der Waals surface area contributed by atoms with Crippen molar-refractivity contribution in [1.82, 2.24) is 0 Å². The number of benzene rings is 2. The molecule has 0 saturated carbocycles. The number of nitroso groups, excluding NO2 is 1. The number of ketones is 1. The average Bonchev–Trinajstić information content (AvgIpc) is 2.54. The highest BCUT2D eigenvalue weighted by atomic mass is 32.2. The molecule has 0 spiro atoms. The Labute approximate surface area is 127 Å². The minimum atomic E-state index is -3.77. The van der Waals surface area contributed by atoms with Crippen molar-refractivity contribution in [2.75, 3.05) is 12.9 Å². The van der Waals surface area contributed by atoms with E-state index in [4.69, 9.17) is 4.74 Å². The number of hydrogen-bond donors (Lipinski definition) is 0. The summed E-state index contributed by atoms with van der Waals surface area (Å²) in [6.07, 6.45) is 0. The molecular weight excluding hydrogens is 306 g/mol. The van der Waals surface area contributed by atoms with Crippen LogP contribution in [0.3, 0.4) is 0 Å². The van der Waals surface area contributed by atoms with Crippen molar-refractivity contribution in [1.29, 1.82) is 0 Å². The van der Waals surface area contributed by atoms with Crippen LogP contribution in [0.4, 0.5) is 5.69 Å². The maximum Gasteiger partial charge on any atom is 0.185 e. The summed E-state index contributed by atoms with van der Waals surface area (Å²) >= 11 is 0. The van der Waals surface area contributed by atoms with Gasteiger partial charge in [0.05, 0.1) is 12.0 Å². The summed E-state index contributed by atoms with van der Waals surface area (Å²) in [6, 6.07) is 11.4. The van der Waals surface area contributed by atoms with Gasteiger partial charge in [-0.1, -0.05) is 12.1 Å². The SMILES string of the molecule is COc1ccc(S(=O)(=O)CC(=O)c2cccc(N=O)c2)cc1. The van der Waals surface area contributed by atoms with Crippen molar-refractivity contribution >= 4 is 21.3 Å². The van der Waals surface area contributed by atoms with Gasteiger partial charge in [-0.25, -0.2) is 8.42 Å². The zero-order chi connectivity index (χ0) is 16.2. The molecule has 2 rings (SSSR count). The molecule has 2 aromatic carbocycles. The number of ether oxygens (including phenoxy) is 1. The first-order valence-electron chi connectivity index (χ1n) is 6.30. The van der Waals surface area contributed by atoms with Gasteiger partial charge in [0.2, 0.25) is 0 Å². The van der Waals surface area contributed by atoms with Crippen molar-refractivity contribution in [3.63, 3.8) is 0 Å². The Kier molecular flexibility index (Phi) is 4.67. The molecule has 0 atom stereocenters. The Morgan fingerprint density at radius 2 is 1.82 bits per heavy atom. The third-order valence-corrected chi connectivity index (χ3v) is 4.65. The molecule has 0 aliphatic heterocycles.